The van der Waals surface area contributed by atoms with Gasteiger partial charge in [-0.15, -0.1) is 0 Å². The topological polar surface area (TPSA) is 622 Å². The van der Waals surface area contributed by atoms with E-state index in [1.54, 1.807) is 68.4 Å². The number of aliphatic hydroxyl groups excluding tert-OH is 1. The van der Waals surface area contributed by atoms with Crippen molar-refractivity contribution < 1.29 is 106 Å². The number of aliphatic carboxylic acids is 1. The Hall–Kier alpha value is -13.2. The molecule has 0 spiro atoms. The highest BCUT2D eigenvalue weighted by Crippen LogP contribution is 2.25. The van der Waals surface area contributed by atoms with Crippen LogP contribution in [0.4, 0.5) is 0 Å². The Labute approximate surface area is 693 Å². The number of aromatic hydroxyl groups is 1. The highest BCUT2D eigenvalue weighted by atomic mass is 16.5. The number of cyclic esters (lactones) is 1. The Morgan fingerprint density at radius 2 is 1.31 bits per heavy atom. The standard InChI is InChI=1S/C80H105N19O22/c1-5-40(2)65(86-42(4)101)76(115)96-59(38-100)73(112)98-66-41(3)121-64(105)36-56-72(111)92-55(34-45-37-85-50-17-9-7-15-48(45)50)71(110)90-54-26-28-63(104)120-39-60(74(113)93-56)97-75(114)61-20-13-31-99(61)78(117)57(32-43-21-23-47(102)24-22-43)94-68(107)51(88-67(106)52(91-77(66)116)19-12-30-84-80(81)82)18-10-11-29-83-62(103)27-25-53(89-69(54)108)70(109)95-58(79(118)119)35-46-33-44-14-6-8-16-49(44)87-46/h6-9,14-17,21-24,33,37,40-41,51-61,65-66,85,87,100,102H,5,10-13,18-20,25-32,34-36,38-39H2,1-4H3,(H,83,103)(H,86,101)(H,88,106)(H,89,108)(H,90,110)(H,91,116)(H,92,111)(H,93,113)(H,94,107)(H,95,109)(H,96,115)(H,97,114)(H,98,112)(H,118,119)(H4,81,82,84)/t40-,41-,51+,52-,53+,54-,55+,56-,57+,58+,59+,60+,61+,65-,66-/m1/s1. The van der Waals surface area contributed by atoms with E-state index in [1.165, 1.54) is 30.5 Å². The lowest BCUT2D eigenvalue weighted by Gasteiger charge is -2.31. The first kappa shape index (κ1) is 91.7. The second-order valence-corrected chi connectivity index (χ2v) is 30.4. The van der Waals surface area contributed by atoms with Crippen LogP contribution in [-0.4, -0.2) is 254 Å². The number of carboxylic acid groups (broad SMARTS) is 1. The fraction of sp³-hybridized carbons (Fsp3) is 0.500. The molecule has 41 nitrogen and oxygen atoms in total. The number of nitrogens with two attached hydrogens (primary N) is 1. The van der Waals surface area contributed by atoms with Gasteiger partial charge in [-0.3, -0.25) is 82.1 Å². The van der Waals surface area contributed by atoms with Crippen LogP contribution in [0.2, 0.25) is 0 Å². The lowest BCUT2D eigenvalue weighted by atomic mass is 9.98. The molecule has 4 fully saturated rings. The number of amides is 14. The van der Waals surface area contributed by atoms with Crippen LogP contribution in [0.5, 0.6) is 5.75 Å². The summed E-state index contributed by atoms with van der Waals surface area (Å²) in [6, 6.07) is -2.88. The molecule has 652 valence electrons. The van der Waals surface area contributed by atoms with Gasteiger partial charge in [0.15, 0.2) is 5.96 Å². The van der Waals surface area contributed by atoms with Crippen molar-refractivity contribution in [1.82, 2.24) is 89.3 Å². The third-order valence-corrected chi connectivity index (χ3v) is 21.3. The lowest BCUT2D eigenvalue weighted by Crippen LogP contribution is -2.63. The fourth-order valence-electron chi connectivity index (χ4n) is 14.5. The average molecular weight is 1680 g/mol. The van der Waals surface area contributed by atoms with E-state index < -0.39 is 255 Å². The minimum atomic E-state index is -2.28. The Morgan fingerprint density at radius 3 is 2.02 bits per heavy atom. The molecule has 121 heavy (non-hydrogen) atoms. The smallest absolute Gasteiger partial charge is 0.326 e. The number of nitrogens with one attached hydrogen (secondary N) is 17. The Bertz CT molecular complexity index is 4630. The van der Waals surface area contributed by atoms with Gasteiger partial charge in [0.25, 0.3) is 0 Å². The number of para-hydroxylation sites is 2. The second kappa shape index (κ2) is 43.5. The number of hydrogen-bond acceptors (Lipinski definition) is 22. The third kappa shape index (κ3) is 26.1. The van der Waals surface area contributed by atoms with Crippen LogP contribution in [0.15, 0.2) is 85.1 Å². The number of H-pyrrole nitrogens is 2. The predicted molar refractivity (Wildman–Crippen MR) is 429 cm³/mol. The maximum Gasteiger partial charge on any atom is 0.326 e. The van der Waals surface area contributed by atoms with Crippen molar-refractivity contribution in [3.63, 3.8) is 0 Å². The number of phenols is 1. The highest BCUT2D eigenvalue weighted by Gasteiger charge is 2.44. The van der Waals surface area contributed by atoms with Gasteiger partial charge in [0, 0.05) is 87.0 Å². The molecule has 5 aromatic rings. The molecule has 0 radical (unpaired) electrons. The van der Waals surface area contributed by atoms with Gasteiger partial charge in [0.05, 0.1) is 13.0 Å². The fourth-order valence-corrected chi connectivity index (χ4v) is 14.5. The molecule has 4 aliphatic heterocycles. The van der Waals surface area contributed by atoms with E-state index >= 15 is 47.9 Å². The molecule has 4 saturated heterocycles. The van der Waals surface area contributed by atoms with Gasteiger partial charge in [0.2, 0.25) is 82.7 Å². The maximum absolute atomic E-state index is 15.6. The summed E-state index contributed by atoms with van der Waals surface area (Å²) >= 11 is 0. The van der Waals surface area contributed by atoms with Gasteiger partial charge in [-0.25, -0.2) is 4.79 Å². The normalized spacial score (nSPS) is 24.2. The molecule has 4 aliphatic rings. The lowest BCUT2D eigenvalue weighted by molar-refractivity contribution is -0.154. The minimum Gasteiger partial charge on any atom is -0.508 e. The van der Waals surface area contributed by atoms with Crippen molar-refractivity contribution in [3.05, 3.63) is 102 Å². The van der Waals surface area contributed by atoms with Crippen LogP contribution in [-0.2, 0) is 110 Å². The van der Waals surface area contributed by atoms with E-state index in [2.05, 4.69) is 84.4 Å². The Morgan fingerprint density at radius 1 is 0.661 bits per heavy atom. The largest absolute Gasteiger partial charge is 0.508 e. The van der Waals surface area contributed by atoms with Crippen molar-refractivity contribution in [2.45, 2.75) is 215 Å². The van der Waals surface area contributed by atoms with Gasteiger partial charge in [-0.2, -0.15) is 0 Å². The summed E-state index contributed by atoms with van der Waals surface area (Å²) in [5.74, 6) is -21.0. The zero-order chi connectivity index (χ0) is 87.7. The summed E-state index contributed by atoms with van der Waals surface area (Å²) in [6.07, 6.45) is -6.16. The predicted octanol–water partition coefficient (Wildman–Crippen LogP) is -3.65. The van der Waals surface area contributed by atoms with E-state index in [1.807, 2.05) is 0 Å². The summed E-state index contributed by atoms with van der Waals surface area (Å²) in [5.41, 5.74) is 7.86. The molecular formula is C80H105N19O22. The van der Waals surface area contributed by atoms with Gasteiger partial charge in [-0.05, 0) is 117 Å². The van der Waals surface area contributed by atoms with Crippen LogP contribution in [0.1, 0.15) is 128 Å². The van der Waals surface area contributed by atoms with Crippen LogP contribution in [0.3, 0.4) is 0 Å². The van der Waals surface area contributed by atoms with E-state index in [0.29, 0.717) is 45.0 Å². The summed E-state index contributed by atoms with van der Waals surface area (Å²) in [6.45, 7) is 2.75. The van der Waals surface area contributed by atoms with Gasteiger partial charge >= 0.3 is 17.9 Å². The van der Waals surface area contributed by atoms with Crippen LogP contribution in [0, 0.1) is 11.3 Å². The first-order chi connectivity index (χ1) is 57.7. The average Bonchev–Trinajstić information content (AvgIpc) is 1.67. The molecule has 22 N–H and O–H groups in total. The summed E-state index contributed by atoms with van der Waals surface area (Å²) in [5, 5.41) is 76.1. The highest BCUT2D eigenvalue weighted by molar-refractivity contribution is 6.02. The van der Waals surface area contributed by atoms with Crippen molar-refractivity contribution >= 4 is 128 Å². The third-order valence-electron chi connectivity index (χ3n) is 21.3. The molecule has 4 bridgehead atoms. The van der Waals surface area contributed by atoms with Crippen molar-refractivity contribution in [3.8, 4) is 5.75 Å². The van der Waals surface area contributed by atoms with E-state index in [4.69, 9.17) is 20.6 Å². The number of carboxylic acids is 1. The number of nitrogens with zero attached hydrogens (tertiary/aromatic N) is 1. The first-order valence-corrected chi connectivity index (χ1v) is 40.1. The van der Waals surface area contributed by atoms with Crippen LogP contribution < -0.4 is 80.2 Å². The molecule has 6 heterocycles. The molecule has 14 amide bonds. The molecule has 2 aromatic heterocycles. The number of benzene rings is 3. The zero-order valence-corrected chi connectivity index (χ0v) is 67.2. The monoisotopic (exact) mass is 1680 g/mol. The number of phenolic OH excluding ortho intramolecular Hbond substituents is 1. The molecule has 3 aromatic carbocycles. The first-order valence-electron chi connectivity index (χ1n) is 40.1. The van der Waals surface area contributed by atoms with Gasteiger partial charge in [-0.1, -0.05) is 68.8 Å². The van der Waals surface area contributed by atoms with Gasteiger partial charge < -0.3 is 120 Å². The number of fused-ring (bicyclic) bond motifs is 14. The van der Waals surface area contributed by atoms with E-state index in [-0.39, 0.29) is 76.8 Å². The minimum absolute atomic E-state index is 0.00153. The molecule has 0 saturated carbocycles. The second-order valence-electron chi connectivity index (χ2n) is 30.4. The number of esters is 2. The summed E-state index contributed by atoms with van der Waals surface area (Å²) in [7, 11) is 0. The number of carbonyl (C=O) groups is 17. The Kier molecular flexibility index (Phi) is 32.9. The Balaban J connectivity index is 1.20. The van der Waals surface area contributed by atoms with Crippen molar-refractivity contribution in [2.75, 3.05) is 32.8 Å². The van der Waals surface area contributed by atoms with E-state index in [9.17, 15) is 48.9 Å². The molecule has 0 unspecified atom stereocenters. The number of hydrogen-bond donors (Lipinski definition) is 21. The molecule has 0 aliphatic carbocycles. The van der Waals surface area contributed by atoms with Gasteiger partial charge in [0.1, 0.15) is 97.0 Å². The quantitative estimate of drug-likeness (QED) is 0.0146. The van der Waals surface area contributed by atoms with Crippen LogP contribution in [0.25, 0.3) is 21.8 Å². The molecule has 9 rings (SSSR count). The zero-order valence-electron chi connectivity index (χ0n) is 67.2. The maximum atomic E-state index is 15.6. The summed E-state index contributed by atoms with van der Waals surface area (Å²) in [4.78, 5) is 258. The number of ether oxygens (including phenoxy) is 2. The molecular weight excluding hydrogens is 1580 g/mol. The number of guanidine groups is 1. The molecule has 15 atom stereocenters. The van der Waals surface area contributed by atoms with Crippen molar-refractivity contribution in [2.24, 2.45) is 11.7 Å². The summed E-state index contributed by atoms with van der Waals surface area (Å²) < 4.78 is 11.5. The number of aromatic amines is 2. The number of rotatable bonds is 21. The SMILES string of the molecule is CC[C@@H](C)[C@@H](NC(C)=O)C(=O)N[C@@H](CO)C(=O)N[C@H]1C(=O)N[C@H](CCCNC(=N)N)C(=O)N[C@H]2CCCCNC(=O)CC[C@@H](C(=O)N[C@@H](Cc3cc4ccccc4[nH]3)C(=O)O)NC(=O)[C@H]3CCC(=O)OC[C@H](NC(=O)[C@@H]4CCCN4C(=O)[C@H](Cc4ccc(O)cc4)NC2=O)C(=O)N[C@H](CC(=O)O[C@@H]1C)C(=O)N[C@@H](Cc1c[nH]c2ccccc12)C(=O)N3. The van der Waals surface area contributed by atoms with E-state index in [0.717, 1.165) is 18.7 Å². The number of carbonyl (C=O) groups excluding carboxylic acids is 16. The number of aromatic nitrogens is 2. The van der Waals surface area contributed by atoms with Crippen LogP contribution >= 0.6 is 0 Å². The number of aliphatic hydroxyl groups is 1. The molecule has 41 heteroatoms. The van der Waals surface area contributed by atoms with Crippen molar-refractivity contribution in [1.29, 1.82) is 5.41 Å².